The molecule has 0 amide bonds. The van der Waals surface area contributed by atoms with E-state index in [0.717, 1.165) is 0 Å². The van der Waals surface area contributed by atoms with Crippen LogP contribution in [0.15, 0.2) is 4.36 Å². The zero-order valence-corrected chi connectivity index (χ0v) is 17.3. The number of carbonyl (C=O) groups is 2. The van der Waals surface area contributed by atoms with Crippen molar-refractivity contribution in [1.82, 2.24) is 0 Å². The van der Waals surface area contributed by atoms with Gasteiger partial charge in [-0.15, -0.1) is 0 Å². The van der Waals surface area contributed by atoms with Gasteiger partial charge in [0.25, 0.3) is 0 Å². The molecule has 20 heavy (non-hydrogen) atoms. The van der Waals surface area contributed by atoms with Gasteiger partial charge in [0.15, 0.2) is 0 Å². The van der Waals surface area contributed by atoms with Crippen molar-refractivity contribution in [1.29, 1.82) is 0 Å². The first-order valence-electron chi connectivity index (χ1n) is 4.77. The van der Waals surface area contributed by atoms with Gasteiger partial charge in [0.1, 0.15) is 5.69 Å². The van der Waals surface area contributed by atoms with Gasteiger partial charge in [0.2, 0.25) is 11.5 Å². The second kappa shape index (κ2) is 7.98. The zero-order valence-electron chi connectivity index (χ0n) is 10.0. The van der Waals surface area contributed by atoms with Crippen LogP contribution < -0.4 is 0 Å². The Balaban J connectivity index is 3.87. The van der Waals surface area contributed by atoms with E-state index in [-0.39, 0.29) is 28.3 Å². The number of halogens is 3. The molecule has 0 bridgehead atoms. The van der Waals surface area contributed by atoms with Crippen LogP contribution in [0.4, 0.5) is 5.69 Å². The number of carbonyl (C=O) groups excluding carboxylic acids is 2. The van der Waals surface area contributed by atoms with E-state index in [1.54, 1.807) is 0 Å². The number of benzene rings is 1. The van der Waals surface area contributed by atoms with Gasteiger partial charge in [-0.05, 0) is 67.8 Å². The van der Waals surface area contributed by atoms with Crippen LogP contribution in [0.5, 0.6) is 0 Å². The normalized spacial score (nSPS) is 9.85. The van der Waals surface area contributed by atoms with Gasteiger partial charge >= 0.3 is 11.9 Å². The number of hydrogen-bond donors (Lipinski definition) is 0. The summed E-state index contributed by atoms with van der Waals surface area (Å²) in [5.74, 6) is -1.21. The summed E-state index contributed by atoms with van der Waals surface area (Å²) >= 11 is 5.68. The third-order valence-corrected chi connectivity index (χ3v) is 5.64. The minimum Gasteiger partial charge on any atom is -0.465 e. The Morgan fingerprint density at radius 2 is 1.35 bits per heavy atom. The highest BCUT2D eigenvalue weighted by molar-refractivity contribution is 14.1. The van der Waals surface area contributed by atoms with Crippen LogP contribution in [0.3, 0.4) is 0 Å². The second-order valence-electron chi connectivity index (χ2n) is 3.19. The van der Waals surface area contributed by atoms with E-state index in [4.69, 9.17) is 9.47 Å². The Bertz CT molecular complexity index is 599. The van der Waals surface area contributed by atoms with Gasteiger partial charge in [0, 0.05) is 3.57 Å². The van der Waals surface area contributed by atoms with E-state index < -0.39 is 11.9 Å². The average Bonchev–Trinajstić information content (AvgIpc) is 2.42. The molecule has 1 aromatic rings. The number of hydrogen-bond acceptors (Lipinski definition) is 6. The molecule has 0 saturated heterocycles. The van der Waals surface area contributed by atoms with Gasteiger partial charge in [-0.1, -0.05) is 0 Å². The van der Waals surface area contributed by atoms with Crippen LogP contribution in [0.25, 0.3) is 0 Å². The van der Waals surface area contributed by atoms with Crippen molar-refractivity contribution in [2.45, 2.75) is 0 Å². The van der Waals surface area contributed by atoms with Crippen LogP contribution in [-0.2, 0) is 20.9 Å². The Hall–Kier alpha value is 0.170. The van der Waals surface area contributed by atoms with Crippen LogP contribution >= 0.6 is 67.8 Å². The van der Waals surface area contributed by atoms with Crippen LogP contribution in [0, 0.1) is 10.7 Å². The Labute approximate surface area is 159 Å². The summed E-state index contributed by atoms with van der Waals surface area (Å²) in [5, 5.41) is 0. The maximum absolute atomic E-state index is 11.9. The maximum Gasteiger partial charge on any atom is 0.340 e. The summed E-state index contributed by atoms with van der Waals surface area (Å²) in [4.78, 5) is 23.7. The SMILES string of the molecule is COC(=O)c1c(I)c(N=S=O)c(I)c(C(=O)OC)c1I. The van der Waals surface area contributed by atoms with Gasteiger partial charge < -0.3 is 9.47 Å². The predicted octanol–water partition coefficient (Wildman–Crippen LogP) is 3.10. The van der Waals surface area contributed by atoms with Gasteiger partial charge in [-0.3, -0.25) is 0 Å². The molecule has 0 fully saturated rings. The average molecular weight is 633 g/mol. The number of methoxy groups -OCH3 is 2. The zero-order chi connectivity index (χ0) is 15.4. The summed E-state index contributed by atoms with van der Waals surface area (Å²) in [7, 11) is 2.48. The molecule has 0 heterocycles. The Morgan fingerprint density at radius 1 is 0.950 bits per heavy atom. The number of ether oxygens (including phenoxy) is 2. The second-order valence-corrected chi connectivity index (χ2v) is 6.76. The van der Waals surface area contributed by atoms with E-state index in [9.17, 15) is 13.8 Å². The molecule has 0 aliphatic carbocycles. The predicted molar refractivity (Wildman–Crippen MR) is 97.5 cm³/mol. The fraction of sp³-hybridized carbons (Fsp3) is 0.200. The quantitative estimate of drug-likeness (QED) is 0.378. The van der Waals surface area contributed by atoms with Crippen molar-refractivity contribution in [3.05, 3.63) is 21.8 Å². The monoisotopic (exact) mass is 633 g/mol. The van der Waals surface area contributed by atoms with E-state index in [1.165, 1.54) is 14.2 Å². The molecule has 0 atom stereocenters. The van der Waals surface area contributed by atoms with Crippen molar-refractivity contribution in [3.63, 3.8) is 0 Å². The van der Waals surface area contributed by atoms with E-state index in [1.807, 2.05) is 67.8 Å². The lowest BCUT2D eigenvalue weighted by Crippen LogP contribution is -2.15. The summed E-state index contributed by atoms with van der Waals surface area (Å²) in [6.45, 7) is 0. The van der Waals surface area contributed by atoms with Crippen molar-refractivity contribution in [3.8, 4) is 0 Å². The molecular weight excluding hydrogens is 627 g/mol. The molecular formula is C10H6I3NO5S. The largest absolute Gasteiger partial charge is 0.465 e. The smallest absolute Gasteiger partial charge is 0.340 e. The topological polar surface area (TPSA) is 82.0 Å². The molecule has 1 aromatic carbocycles. The Kier molecular flexibility index (Phi) is 7.27. The lowest BCUT2D eigenvalue weighted by molar-refractivity contribution is 0.0595. The summed E-state index contributed by atoms with van der Waals surface area (Å²) in [5.41, 5.74) is 0.664. The minimum absolute atomic E-state index is 0.00367. The summed E-state index contributed by atoms with van der Waals surface area (Å²) < 4.78 is 25.2. The lowest BCUT2D eigenvalue weighted by Gasteiger charge is -2.14. The molecule has 0 aliphatic heterocycles. The number of esters is 2. The van der Waals surface area contributed by atoms with Crippen LogP contribution in [0.1, 0.15) is 20.7 Å². The fourth-order valence-electron chi connectivity index (χ4n) is 1.33. The standard InChI is InChI=1S/C10H6I3NO5S/c1-18-9(15)3-5(11)4(10(16)19-2)7(13)8(6(3)12)14-20-17/h1-2H3. The first-order chi connectivity index (χ1) is 9.40. The third kappa shape index (κ3) is 3.49. The van der Waals surface area contributed by atoms with Gasteiger partial charge in [0.05, 0.1) is 32.5 Å². The van der Waals surface area contributed by atoms with E-state index >= 15 is 0 Å². The van der Waals surface area contributed by atoms with Crippen molar-refractivity contribution >= 4 is 96.9 Å². The van der Waals surface area contributed by atoms with Crippen molar-refractivity contribution < 1.29 is 23.3 Å². The van der Waals surface area contributed by atoms with Crippen LogP contribution in [0.2, 0.25) is 0 Å². The minimum atomic E-state index is -0.604. The molecule has 0 N–H and O–H groups in total. The molecule has 0 saturated carbocycles. The maximum atomic E-state index is 11.9. The third-order valence-electron chi connectivity index (χ3n) is 2.20. The Morgan fingerprint density at radius 3 is 1.65 bits per heavy atom. The van der Waals surface area contributed by atoms with Gasteiger partial charge in [-0.2, -0.15) is 8.57 Å². The first kappa shape index (κ1) is 18.2. The molecule has 0 unspecified atom stereocenters. The number of nitrogens with zero attached hydrogens (tertiary/aromatic N) is 1. The lowest BCUT2D eigenvalue weighted by atomic mass is 10.1. The molecule has 0 aliphatic rings. The molecule has 0 spiro atoms. The highest BCUT2D eigenvalue weighted by atomic mass is 127. The van der Waals surface area contributed by atoms with Crippen molar-refractivity contribution in [2.75, 3.05) is 14.2 Å². The molecule has 10 heteroatoms. The highest BCUT2D eigenvalue weighted by Gasteiger charge is 2.28. The van der Waals surface area contributed by atoms with Gasteiger partial charge in [-0.25, -0.2) is 9.59 Å². The molecule has 1 rings (SSSR count). The fourth-order valence-corrected chi connectivity index (χ4v) is 6.20. The molecule has 108 valence electrons. The van der Waals surface area contributed by atoms with E-state index in [2.05, 4.69) is 4.36 Å². The summed E-state index contributed by atoms with van der Waals surface area (Å²) in [6.07, 6.45) is 0. The highest BCUT2D eigenvalue weighted by Crippen LogP contribution is 2.37. The molecule has 0 aromatic heterocycles. The van der Waals surface area contributed by atoms with E-state index in [0.29, 0.717) is 10.7 Å². The van der Waals surface area contributed by atoms with Crippen molar-refractivity contribution in [2.24, 2.45) is 4.36 Å². The molecule has 0 radical (unpaired) electrons. The number of rotatable bonds is 3. The first-order valence-corrected chi connectivity index (χ1v) is 8.71. The molecule has 6 nitrogen and oxygen atoms in total. The summed E-state index contributed by atoms with van der Waals surface area (Å²) in [6, 6.07) is 0. The van der Waals surface area contributed by atoms with Crippen LogP contribution in [-0.4, -0.2) is 30.4 Å².